The summed E-state index contributed by atoms with van der Waals surface area (Å²) in [7, 11) is 0. The van der Waals surface area contributed by atoms with Gasteiger partial charge in [0, 0.05) is 25.4 Å². The molecular weight excluding hydrogens is 434 g/mol. The highest BCUT2D eigenvalue weighted by Gasteiger charge is 2.78. The second kappa shape index (κ2) is 9.30. The van der Waals surface area contributed by atoms with E-state index in [4.69, 9.17) is 4.74 Å². The van der Waals surface area contributed by atoms with Crippen LogP contribution in [0, 0.1) is 25.7 Å². The predicted molar refractivity (Wildman–Crippen MR) is 128 cm³/mol. The zero-order valence-corrected chi connectivity index (χ0v) is 20.6. The Morgan fingerprint density at radius 3 is 2.50 bits per heavy atom. The summed E-state index contributed by atoms with van der Waals surface area (Å²) < 4.78 is 6.70. The van der Waals surface area contributed by atoms with Crippen molar-refractivity contribution in [3.8, 4) is 0 Å². The molecule has 3 N–H and O–H groups in total. The number of benzene rings is 1. The number of anilines is 1. The number of ether oxygens (including phenoxy) is 1. The fourth-order valence-electron chi connectivity index (χ4n) is 6.46. The van der Waals surface area contributed by atoms with Crippen molar-refractivity contribution < 1.29 is 24.2 Å². The number of rotatable bonds is 9. The summed E-state index contributed by atoms with van der Waals surface area (Å²) in [4.78, 5) is 42.6. The first-order chi connectivity index (χ1) is 16.3. The lowest BCUT2D eigenvalue weighted by Gasteiger charge is -2.34. The van der Waals surface area contributed by atoms with Crippen molar-refractivity contribution in [2.75, 3.05) is 25.0 Å². The highest BCUT2D eigenvalue weighted by atomic mass is 16.5. The maximum Gasteiger partial charge on any atom is 0.250 e. The molecule has 0 saturated carbocycles. The van der Waals surface area contributed by atoms with Gasteiger partial charge in [0.2, 0.25) is 17.7 Å². The van der Waals surface area contributed by atoms with Crippen LogP contribution in [0.5, 0.6) is 0 Å². The Morgan fingerprint density at radius 2 is 1.88 bits per heavy atom. The molecule has 0 radical (unpaired) electrons. The van der Waals surface area contributed by atoms with Crippen LogP contribution < -0.4 is 10.6 Å². The van der Waals surface area contributed by atoms with Crippen LogP contribution in [0.4, 0.5) is 5.69 Å². The molecule has 3 heterocycles. The molecule has 0 aromatic heterocycles. The van der Waals surface area contributed by atoms with E-state index in [2.05, 4.69) is 10.6 Å². The number of carbonyl (C=O) groups excluding carboxylic acids is 3. The first kappa shape index (κ1) is 24.7. The van der Waals surface area contributed by atoms with E-state index in [1.165, 1.54) is 0 Å². The Balaban J connectivity index is 1.74. The van der Waals surface area contributed by atoms with Crippen LogP contribution >= 0.6 is 0 Å². The van der Waals surface area contributed by atoms with Gasteiger partial charge in [-0.1, -0.05) is 32.0 Å². The third-order valence-corrected chi connectivity index (χ3v) is 8.05. The number of hydrogen-bond acceptors (Lipinski definition) is 5. The highest BCUT2D eigenvalue weighted by Crippen LogP contribution is 2.64. The van der Waals surface area contributed by atoms with Crippen LogP contribution in [-0.4, -0.2) is 64.7 Å². The Bertz CT molecular complexity index is 961. The van der Waals surface area contributed by atoms with E-state index in [1.807, 2.05) is 45.9 Å². The third-order valence-electron chi connectivity index (χ3n) is 8.05. The normalized spacial score (nSPS) is 31.6. The number of aryl methyl sites for hydroxylation is 2. The van der Waals surface area contributed by atoms with Gasteiger partial charge in [0.25, 0.3) is 0 Å². The summed E-state index contributed by atoms with van der Waals surface area (Å²) in [6.07, 6.45) is 2.94. The monoisotopic (exact) mass is 471 g/mol. The van der Waals surface area contributed by atoms with Crippen LogP contribution in [0.15, 0.2) is 18.2 Å². The summed E-state index contributed by atoms with van der Waals surface area (Å²) in [5.74, 6) is -2.01. The molecule has 186 valence electrons. The SMILES string of the molecule is CCCNC(=O)[C@@H]1[C@H]2C(=O)N(CCCO)C(C(=O)Nc3c(C)cccc3C)C23CC[C@@]1(CC)O3. The molecule has 8 heteroatoms. The molecule has 1 aromatic carbocycles. The highest BCUT2D eigenvalue weighted by molar-refractivity contribution is 6.04. The number of hydrogen-bond donors (Lipinski definition) is 3. The van der Waals surface area contributed by atoms with Crippen LogP contribution in [-0.2, 0) is 19.1 Å². The van der Waals surface area contributed by atoms with Gasteiger partial charge in [-0.2, -0.15) is 0 Å². The minimum Gasteiger partial charge on any atom is -0.396 e. The molecule has 3 amide bonds. The van der Waals surface area contributed by atoms with Crippen molar-refractivity contribution in [1.29, 1.82) is 0 Å². The molecule has 4 rings (SSSR count). The summed E-state index contributed by atoms with van der Waals surface area (Å²) in [6, 6.07) is 4.96. The number of aliphatic hydroxyl groups is 1. The van der Waals surface area contributed by atoms with Gasteiger partial charge in [-0.15, -0.1) is 0 Å². The number of fused-ring (bicyclic) bond motifs is 1. The number of likely N-dealkylation sites (tertiary alicyclic amines) is 1. The molecular formula is C26H37N3O5. The van der Waals surface area contributed by atoms with Crippen molar-refractivity contribution in [2.24, 2.45) is 11.8 Å². The molecule has 3 aliphatic heterocycles. The van der Waals surface area contributed by atoms with E-state index < -0.39 is 29.1 Å². The fraction of sp³-hybridized carbons (Fsp3) is 0.654. The zero-order valence-electron chi connectivity index (χ0n) is 20.6. The second-order valence-corrected chi connectivity index (χ2v) is 9.99. The van der Waals surface area contributed by atoms with E-state index in [0.29, 0.717) is 32.2 Å². The van der Waals surface area contributed by atoms with Gasteiger partial charge in [0.15, 0.2) is 0 Å². The number of nitrogens with one attached hydrogen (secondary N) is 2. The van der Waals surface area contributed by atoms with Crippen LogP contribution in [0.2, 0.25) is 0 Å². The van der Waals surface area contributed by atoms with E-state index >= 15 is 0 Å². The Morgan fingerprint density at radius 1 is 1.18 bits per heavy atom. The van der Waals surface area contributed by atoms with Crippen LogP contribution in [0.3, 0.4) is 0 Å². The minimum absolute atomic E-state index is 0.0904. The lowest BCUT2D eigenvalue weighted by molar-refractivity contribution is -0.146. The average Bonchev–Trinajstić information content (AvgIpc) is 3.42. The van der Waals surface area contributed by atoms with Gasteiger partial charge in [0.1, 0.15) is 11.6 Å². The van der Waals surface area contributed by atoms with Crippen LogP contribution in [0.25, 0.3) is 0 Å². The topological polar surface area (TPSA) is 108 Å². The lowest BCUT2D eigenvalue weighted by Crippen LogP contribution is -2.53. The van der Waals surface area contributed by atoms with E-state index in [1.54, 1.807) is 4.90 Å². The quantitative estimate of drug-likeness (QED) is 0.512. The van der Waals surface area contributed by atoms with Crippen molar-refractivity contribution in [2.45, 2.75) is 77.0 Å². The van der Waals surface area contributed by atoms with Gasteiger partial charge >= 0.3 is 0 Å². The molecule has 1 aromatic rings. The second-order valence-electron chi connectivity index (χ2n) is 9.99. The van der Waals surface area contributed by atoms with Crippen molar-refractivity contribution in [1.82, 2.24) is 10.2 Å². The summed E-state index contributed by atoms with van der Waals surface area (Å²) in [6.45, 7) is 8.53. The molecule has 3 fully saturated rings. The largest absolute Gasteiger partial charge is 0.396 e. The number of nitrogens with zero attached hydrogens (tertiary/aromatic N) is 1. The fourth-order valence-corrected chi connectivity index (χ4v) is 6.46. The standard InChI is InChI=1S/C26H37N3O5/c1-5-13-27-22(31)18-19-24(33)29(14-8-15-30)21(26(19)12-11-25(18,6-2)34-26)23(32)28-20-16(3)9-7-10-17(20)4/h7,9-10,18-19,21,30H,5-6,8,11-15H2,1-4H3,(H,27,31)(H,28,32)/t18-,19-,21?,25+,26?/m0/s1. The molecule has 2 unspecified atom stereocenters. The lowest BCUT2D eigenvalue weighted by atomic mass is 9.65. The maximum atomic E-state index is 13.9. The van der Waals surface area contributed by atoms with Gasteiger partial charge in [0.05, 0.1) is 17.4 Å². The van der Waals surface area contributed by atoms with Crippen molar-refractivity contribution in [3.05, 3.63) is 29.3 Å². The summed E-state index contributed by atoms with van der Waals surface area (Å²) >= 11 is 0. The predicted octanol–water partition coefficient (Wildman–Crippen LogP) is 2.31. The molecule has 2 bridgehead atoms. The van der Waals surface area contributed by atoms with Gasteiger partial charge in [-0.3, -0.25) is 14.4 Å². The summed E-state index contributed by atoms with van der Waals surface area (Å²) in [5.41, 5.74) is 0.826. The molecule has 1 spiro atoms. The number of aliphatic hydroxyl groups excluding tert-OH is 1. The molecule has 34 heavy (non-hydrogen) atoms. The molecule has 0 aliphatic carbocycles. The van der Waals surface area contributed by atoms with Crippen molar-refractivity contribution in [3.63, 3.8) is 0 Å². The maximum absolute atomic E-state index is 13.9. The first-order valence-electron chi connectivity index (χ1n) is 12.5. The summed E-state index contributed by atoms with van der Waals surface area (Å²) in [5, 5.41) is 15.5. The van der Waals surface area contributed by atoms with E-state index in [-0.39, 0.29) is 30.9 Å². The van der Waals surface area contributed by atoms with E-state index in [9.17, 15) is 19.5 Å². The number of carbonyl (C=O) groups is 3. The van der Waals surface area contributed by atoms with Crippen molar-refractivity contribution >= 4 is 23.4 Å². The van der Waals surface area contributed by atoms with Gasteiger partial charge in [-0.25, -0.2) is 0 Å². The molecule has 3 aliphatic rings. The molecule has 8 nitrogen and oxygen atoms in total. The number of amides is 3. The smallest absolute Gasteiger partial charge is 0.250 e. The van der Waals surface area contributed by atoms with E-state index in [0.717, 1.165) is 23.2 Å². The Hall–Kier alpha value is -2.45. The van der Waals surface area contributed by atoms with Gasteiger partial charge < -0.3 is 25.4 Å². The first-order valence-corrected chi connectivity index (χ1v) is 12.5. The van der Waals surface area contributed by atoms with Gasteiger partial charge in [-0.05, 0) is 57.1 Å². The number of para-hydroxylation sites is 1. The van der Waals surface area contributed by atoms with Crippen LogP contribution in [0.1, 0.15) is 57.1 Å². The average molecular weight is 472 g/mol. The zero-order chi connectivity index (χ0) is 24.7. The minimum atomic E-state index is -1.04. The Kier molecular flexibility index (Phi) is 6.75. The molecule has 5 atom stereocenters. The Labute approximate surface area is 201 Å². The molecule has 3 saturated heterocycles. The third kappa shape index (κ3) is 3.62.